The van der Waals surface area contributed by atoms with Crippen molar-refractivity contribution in [1.82, 2.24) is 20.0 Å². The average molecular weight is 236 g/mol. The number of nitrogens with zero attached hydrogens (tertiary/aromatic N) is 3. The highest BCUT2D eigenvalue weighted by atomic mass is 16.2. The van der Waals surface area contributed by atoms with Gasteiger partial charge in [0.05, 0.1) is 18.7 Å². The molecule has 1 fully saturated rings. The standard InChI is InChI=1S/C12H20N4O/c1-10-7-14-16(8-10)9-11(2)12(17)15-5-3-13-4-6-15/h7-8,11,13H,3-6,9H2,1-2H3. The van der Waals surface area contributed by atoms with Crippen molar-refractivity contribution in [3.63, 3.8) is 0 Å². The molecule has 2 rings (SSSR count). The van der Waals surface area contributed by atoms with Gasteiger partial charge >= 0.3 is 0 Å². The van der Waals surface area contributed by atoms with Crippen molar-refractivity contribution in [2.24, 2.45) is 5.92 Å². The highest BCUT2D eigenvalue weighted by molar-refractivity contribution is 5.78. The van der Waals surface area contributed by atoms with Crippen molar-refractivity contribution in [1.29, 1.82) is 0 Å². The number of piperazine rings is 1. The zero-order valence-electron chi connectivity index (χ0n) is 10.5. The molecule has 1 aliphatic heterocycles. The van der Waals surface area contributed by atoms with Gasteiger partial charge in [0.25, 0.3) is 0 Å². The molecule has 2 heterocycles. The van der Waals surface area contributed by atoms with Gasteiger partial charge in [-0.2, -0.15) is 5.10 Å². The van der Waals surface area contributed by atoms with Gasteiger partial charge in [0, 0.05) is 32.4 Å². The molecule has 1 atom stereocenters. The molecule has 1 amide bonds. The van der Waals surface area contributed by atoms with E-state index in [0.29, 0.717) is 6.54 Å². The Morgan fingerprint density at radius 1 is 1.53 bits per heavy atom. The third-order valence-corrected chi connectivity index (χ3v) is 3.07. The van der Waals surface area contributed by atoms with Crippen LogP contribution in [0.25, 0.3) is 0 Å². The van der Waals surface area contributed by atoms with Crippen LogP contribution < -0.4 is 5.32 Å². The van der Waals surface area contributed by atoms with Crippen LogP contribution in [-0.4, -0.2) is 46.8 Å². The highest BCUT2D eigenvalue weighted by Crippen LogP contribution is 2.07. The topological polar surface area (TPSA) is 50.2 Å². The van der Waals surface area contributed by atoms with Crippen LogP contribution in [0.3, 0.4) is 0 Å². The number of rotatable bonds is 3. The zero-order valence-corrected chi connectivity index (χ0v) is 10.5. The molecule has 0 bridgehead atoms. The van der Waals surface area contributed by atoms with Gasteiger partial charge in [0.2, 0.25) is 5.91 Å². The van der Waals surface area contributed by atoms with E-state index >= 15 is 0 Å². The Bertz CT molecular complexity index is 382. The normalized spacial score (nSPS) is 18.1. The van der Waals surface area contributed by atoms with E-state index in [1.165, 1.54) is 0 Å². The first-order chi connectivity index (χ1) is 8.16. The molecule has 5 nitrogen and oxygen atoms in total. The van der Waals surface area contributed by atoms with Crippen molar-refractivity contribution in [2.75, 3.05) is 26.2 Å². The van der Waals surface area contributed by atoms with Crippen molar-refractivity contribution in [3.8, 4) is 0 Å². The quantitative estimate of drug-likeness (QED) is 0.819. The fourth-order valence-electron chi connectivity index (χ4n) is 2.12. The maximum Gasteiger partial charge on any atom is 0.227 e. The predicted octanol–water partition coefficient (Wildman–Crippen LogP) is 0.259. The zero-order chi connectivity index (χ0) is 12.3. The SMILES string of the molecule is Cc1cnn(CC(C)C(=O)N2CCNCC2)c1. The van der Waals surface area contributed by atoms with Crippen LogP contribution in [0.5, 0.6) is 0 Å². The van der Waals surface area contributed by atoms with Crippen molar-refractivity contribution >= 4 is 5.91 Å². The highest BCUT2D eigenvalue weighted by Gasteiger charge is 2.22. The van der Waals surface area contributed by atoms with Gasteiger partial charge in [-0.3, -0.25) is 9.48 Å². The number of aromatic nitrogens is 2. The third kappa shape index (κ3) is 3.06. The average Bonchev–Trinajstić information content (AvgIpc) is 2.75. The fourth-order valence-corrected chi connectivity index (χ4v) is 2.12. The number of hydrogen-bond donors (Lipinski definition) is 1. The second-order valence-corrected chi connectivity index (χ2v) is 4.72. The minimum Gasteiger partial charge on any atom is -0.340 e. The van der Waals surface area contributed by atoms with Crippen molar-refractivity contribution < 1.29 is 4.79 Å². The largest absolute Gasteiger partial charge is 0.340 e. The Morgan fingerprint density at radius 3 is 2.82 bits per heavy atom. The molecular formula is C12H20N4O. The molecule has 1 aliphatic rings. The lowest BCUT2D eigenvalue weighted by atomic mass is 10.1. The number of hydrogen-bond acceptors (Lipinski definition) is 3. The van der Waals surface area contributed by atoms with Gasteiger partial charge in [-0.15, -0.1) is 0 Å². The first-order valence-corrected chi connectivity index (χ1v) is 6.15. The van der Waals surface area contributed by atoms with Gasteiger partial charge < -0.3 is 10.2 Å². The van der Waals surface area contributed by atoms with Crippen molar-refractivity contribution in [2.45, 2.75) is 20.4 Å². The molecular weight excluding hydrogens is 216 g/mol. The van der Waals surface area contributed by atoms with Gasteiger partial charge in [-0.05, 0) is 12.5 Å². The van der Waals surface area contributed by atoms with Crippen molar-refractivity contribution in [3.05, 3.63) is 18.0 Å². The molecule has 0 radical (unpaired) electrons. The van der Waals surface area contributed by atoms with E-state index in [2.05, 4.69) is 10.4 Å². The Labute approximate surface area is 102 Å². The summed E-state index contributed by atoms with van der Waals surface area (Å²) in [5.41, 5.74) is 1.13. The molecule has 5 heteroatoms. The summed E-state index contributed by atoms with van der Waals surface area (Å²) in [7, 11) is 0. The van der Waals surface area contributed by atoms with Crippen LogP contribution in [0.1, 0.15) is 12.5 Å². The summed E-state index contributed by atoms with van der Waals surface area (Å²) < 4.78 is 1.85. The lowest BCUT2D eigenvalue weighted by molar-refractivity contribution is -0.136. The summed E-state index contributed by atoms with van der Waals surface area (Å²) >= 11 is 0. The monoisotopic (exact) mass is 236 g/mol. The Hall–Kier alpha value is -1.36. The van der Waals surface area contributed by atoms with E-state index in [9.17, 15) is 4.79 Å². The van der Waals surface area contributed by atoms with E-state index in [4.69, 9.17) is 0 Å². The number of nitrogens with one attached hydrogen (secondary N) is 1. The molecule has 94 valence electrons. The van der Waals surface area contributed by atoms with Crippen LogP contribution >= 0.6 is 0 Å². The molecule has 0 aromatic carbocycles. The molecule has 1 aromatic rings. The van der Waals surface area contributed by atoms with E-state index < -0.39 is 0 Å². The predicted molar refractivity (Wildman–Crippen MR) is 65.6 cm³/mol. The first kappa shape index (κ1) is 12.1. The van der Waals surface area contributed by atoms with Crippen LogP contribution in [0.15, 0.2) is 12.4 Å². The maximum absolute atomic E-state index is 12.2. The minimum absolute atomic E-state index is 0.00704. The summed E-state index contributed by atoms with van der Waals surface area (Å²) in [6.45, 7) is 8.09. The van der Waals surface area contributed by atoms with Gasteiger partial charge in [0.15, 0.2) is 0 Å². The fraction of sp³-hybridized carbons (Fsp3) is 0.667. The van der Waals surface area contributed by atoms with E-state index in [1.54, 1.807) is 0 Å². The van der Waals surface area contributed by atoms with Gasteiger partial charge in [-0.25, -0.2) is 0 Å². The van der Waals surface area contributed by atoms with E-state index in [1.807, 2.05) is 35.8 Å². The lowest BCUT2D eigenvalue weighted by Crippen LogP contribution is -2.48. The second-order valence-electron chi connectivity index (χ2n) is 4.72. The molecule has 1 unspecified atom stereocenters. The smallest absolute Gasteiger partial charge is 0.227 e. The Balaban J connectivity index is 1.90. The number of carbonyl (C=O) groups excluding carboxylic acids is 1. The summed E-state index contributed by atoms with van der Waals surface area (Å²) in [6, 6.07) is 0. The molecule has 0 saturated carbocycles. The van der Waals surface area contributed by atoms with Gasteiger partial charge in [0.1, 0.15) is 0 Å². The Morgan fingerprint density at radius 2 is 2.24 bits per heavy atom. The molecule has 1 aromatic heterocycles. The number of aryl methyl sites for hydroxylation is 1. The van der Waals surface area contributed by atoms with Gasteiger partial charge in [-0.1, -0.05) is 6.92 Å². The summed E-state index contributed by atoms with van der Waals surface area (Å²) in [6.07, 6.45) is 3.80. The van der Waals surface area contributed by atoms with Crippen LogP contribution in [-0.2, 0) is 11.3 Å². The maximum atomic E-state index is 12.2. The Kier molecular flexibility index (Phi) is 3.78. The van der Waals surface area contributed by atoms with Crippen LogP contribution in [0, 0.1) is 12.8 Å². The van der Waals surface area contributed by atoms with Crippen LogP contribution in [0.2, 0.25) is 0 Å². The second kappa shape index (κ2) is 5.31. The molecule has 0 spiro atoms. The number of carbonyl (C=O) groups is 1. The molecule has 17 heavy (non-hydrogen) atoms. The number of amides is 1. The van der Waals surface area contributed by atoms with E-state index in [0.717, 1.165) is 31.7 Å². The summed E-state index contributed by atoms with van der Waals surface area (Å²) in [4.78, 5) is 14.1. The molecule has 1 N–H and O–H groups in total. The summed E-state index contributed by atoms with van der Waals surface area (Å²) in [5, 5.41) is 7.47. The molecule has 1 saturated heterocycles. The van der Waals surface area contributed by atoms with Crippen LogP contribution in [0.4, 0.5) is 0 Å². The summed E-state index contributed by atoms with van der Waals surface area (Å²) in [5.74, 6) is 0.229. The minimum atomic E-state index is -0.00704. The van der Waals surface area contributed by atoms with E-state index in [-0.39, 0.29) is 11.8 Å². The first-order valence-electron chi connectivity index (χ1n) is 6.15. The molecule has 0 aliphatic carbocycles. The third-order valence-electron chi connectivity index (χ3n) is 3.07. The lowest BCUT2D eigenvalue weighted by Gasteiger charge is -2.29.